The Kier molecular flexibility index (Phi) is 2.74. The summed E-state index contributed by atoms with van der Waals surface area (Å²) in [6, 6.07) is 0.0335. The molecule has 0 aromatic rings. The highest BCUT2D eigenvalue weighted by molar-refractivity contribution is 5.72. The molecule has 4 unspecified atom stereocenters. The molecule has 0 saturated carbocycles. The number of rotatable bonds is 4. The Morgan fingerprint density at radius 3 is 2.86 bits per heavy atom. The predicted molar refractivity (Wildman–Crippen MR) is 51.1 cm³/mol. The summed E-state index contributed by atoms with van der Waals surface area (Å²) >= 11 is 0. The SMILES string of the molecule is CCCNC1C2CCC(O2)C1C(=O)O. The molecule has 80 valence electrons. The summed E-state index contributed by atoms with van der Waals surface area (Å²) in [4.78, 5) is 11.0. The highest BCUT2D eigenvalue weighted by Crippen LogP contribution is 2.39. The molecule has 0 aromatic carbocycles. The van der Waals surface area contributed by atoms with E-state index in [1.54, 1.807) is 0 Å². The lowest BCUT2D eigenvalue weighted by atomic mass is 9.84. The molecular formula is C10H17NO3. The van der Waals surface area contributed by atoms with Crippen molar-refractivity contribution in [3.8, 4) is 0 Å². The highest BCUT2D eigenvalue weighted by atomic mass is 16.5. The summed E-state index contributed by atoms with van der Waals surface area (Å²) in [7, 11) is 0. The van der Waals surface area contributed by atoms with Gasteiger partial charge in [-0.1, -0.05) is 6.92 Å². The normalized spacial score (nSPS) is 40.4. The van der Waals surface area contributed by atoms with Crippen LogP contribution in [0.4, 0.5) is 0 Å². The van der Waals surface area contributed by atoms with Crippen LogP contribution in [-0.2, 0) is 9.53 Å². The van der Waals surface area contributed by atoms with Gasteiger partial charge >= 0.3 is 5.97 Å². The van der Waals surface area contributed by atoms with Gasteiger partial charge in [0.25, 0.3) is 0 Å². The van der Waals surface area contributed by atoms with E-state index in [0.29, 0.717) is 0 Å². The van der Waals surface area contributed by atoms with E-state index in [-0.39, 0.29) is 24.2 Å². The van der Waals surface area contributed by atoms with Crippen molar-refractivity contribution in [1.29, 1.82) is 0 Å². The summed E-state index contributed by atoms with van der Waals surface area (Å²) in [5.74, 6) is -1.05. The van der Waals surface area contributed by atoms with Gasteiger partial charge in [-0.05, 0) is 25.8 Å². The van der Waals surface area contributed by atoms with E-state index in [1.165, 1.54) is 0 Å². The van der Waals surface area contributed by atoms with Gasteiger partial charge < -0.3 is 15.2 Å². The second kappa shape index (κ2) is 3.87. The Labute approximate surface area is 83.6 Å². The molecule has 14 heavy (non-hydrogen) atoms. The summed E-state index contributed by atoms with van der Waals surface area (Å²) in [6.07, 6.45) is 3.03. The standard InChI is InChI=1S/C10H17NO3/c1-2-5-11-9-7-4-3-6(14-7)8(9)10(12)13/h6-9,11H,2-5H2,1H3,(H,12,13). The van der Waals surface area contributed by atoms with Crippen LogP contribution < -0.4 is 5.32 Å². The Morgan fingerprint density at radius 1 is 1.50 bits per heavy atom. The first-order chi connectivity index (χ1) is 6.74. The molecule has 2 aliphatic rings. The van der Waals surface area contributed by atoms with Crippen molar-refractivity contribution in [2.45, 2.75) is 44.4 Å². The van der Waals surface area contributed by atoms with Gasteiger partial charge in [-0.3, -0.25) is 4.79 Å². The van der Waals surface area contributed by atoms with Crippen LogP contribution in [0.1, 0.15) is 26.2 Å². The molecule has 4 nitrogen and oxygen atoms in total. The number of aliphatic carboxylic acids is 1. The fourth-order valence-corrected chi connectivity index (χ4v) is 2.56. The van der Waals surface area contributed by atoms with Crippen molar-refractivity contribution in [1.82, 2.24) is 5.32 Å². The average molecular weight is 199 g/mol. The third-order valence-electron chi connectivity index (χ3n) is 3.19. The second-order valence-corrected chi connectivity index (χ2v) is 4.13. The predicted octanol–water partition coefficient (Wildman–Crippen LogP) is 0.617. The molecule has 0 amide bonds. The average Bonchev–Trinajstić information content (AvgIpc) is 2.72. The summed E-state index contributed by atoms with van der Waals surface area (Å²) < 4.78 is 5.61. The Hall–Kier alpha value is -0.610. The van der Waals surface area contributed by atoms with Gasteiger partial charge in [0.1, 0.15) is 5.92 Å². The molecule has 0 aromatic heterocycles. The van der Waals surface area contributed by atoms with Crippen LogP contribution >= 0.6 is 0 Å². The zero-order chi connectivity index (χ0) is 10.1. The fraction of sp³-hybridized carbons (Fsp3) is 0.900. The number of nitrogens with one attached hydrogen (secondary N) is 1. The quantitative estimate of drug-likeness (QED) is 0.696. The summed E-state index contributed by atoms with van der Waals surface area (Å²) in [6.45, 7) is 2.96. The lowest BCUT2D eigenvalue weighted by molar-refractivity contribution is -0.144. The first-order valence-corrected chi connectivity index (χ1v) is 5.35. The number of carboxylic acids is 1. The molecule has 2 aliphatic heterocycles. The van der Waals surface area contributed by atoms with Crippen LogP contribution in [0.5, 0.6) is 0 Å². The second-order valence-electron chi connectivity index (χ2n) is 4.13. The molecule has 2 N–H and O–H groups in total. The molecule has 4 heteroatoms. The van der Waals surface area contributed by atoms with E-state index in [2.05, 4.69) is 12.2 Å². The number of hydrogen-bond acceptors (Lipinski definition) is 3. The van der Waals surface area contributed by atoms with Crippen LogP contribution in [0.3, 0.4) is 0 Å². The monoisotopic (exact) mass is 199 g/mol. The van der Waals surface area contributed by atoms with Crippen LogP contribution in [-0.4, -0.2) is 35.9 Å². The van der Waals surface area contributed by atoms with Crippen molar-refractivity contribution < 1.29 is 14.6 Å². The van der Waals surface area contributed by atoms with E-state index in [9.17, 15) is 4.79 Å². The maximum atomic E-state index is 11.0. The molecule has 0 spiro atoms. The fourth-order valence-electron chi connectivity index (χ4n) is 2.56. The van der Waals surface area contributed by atoms with E-state index >= 15 is 0 Å². The highest BCUT2D eigenvalue weighted by Gasteiger charge is 2.52. The third kappa shape index (κ3) is 1.53. The van der Waals surface area contributed by atoms with Gasteiger partial charge in [-0.15, -0.1) is 0 Å². The van der Waals surface area contributed by atoms with Crippen molar-refractivity contribution in [3.63, 3.8) is 0 Å². The molecule has 0 radical (unpaired) electrons. The molecule has 2 bridgehead atoms. The topological polar surface area (TPSA) is 58.6 Å². The first kappa shape index (κ1) is 9.93. The lowest BCUT2D eigenvalue weighted by Crippen LogP contribution is -2.47. The molecule has 2 saturated heterocycles. The van der Waals surface area contributed by atoms with E-state index in [1.807, 2.05) is 0 Å². The molecular weight excluding hydrogens is 182 g/mol. The van der Waals surface area contributed by atoms with Gasteiger partial charge in [-0.2, -0.15) is 0 Å². The maximum absolute atomic E-state index is 11.0. The molecule has 0 aliphatic carbocycles. The van der Waals surface area contributed by atoms with Gasteiger partial charge in [0.15, 0.2) is 0 Å². The molecule has 4 atom stereocenters. The van der Waals surface area contributed by atoms with Crippen LogP contribution in [0.2, 0.25) is 0 Å². The van der Waals surface area contributed by atoms with Gasteiger partial charge in [0, 0.05) is 6.04 Å². The maximum Gasteiger partial charge on any atom is 0.310 e. The number of fused-ring (bicyclic) bond motifs is 2. The van der Waals surface area contributed by atoms with Crippen molar-refractivity contribution in [2.75, 3.05) is 6.54 Å². The minimum atomic E-state index is -0.717. The zero-order valence-electron chi connectivity index (χ0n) is 8.40. The Bertz CT molecular complexity index is 231. The first-order valence-electron chi connectivity index (χ1n) is 5.35. The van der Waals surface area contributed by atoms with Gasteiger partial charge in [-0.25, -0.2) is 0 Å². The minimum Gasteiger partial charge on any atom is -0.481 e. The number of ether oxygens (including phenoxy) is 1. The van der Waals surface area contributed by atoms with Crippen molar-refractivity contribution in [3.05, 3.63) is 0 Å². The third-order valence-corrected chi connectivity index (χ3v) is 3.19. The number of carbonyl (C=O) groups is 1. The smallest absolute Gasteiger partial charge is 0.310 e. The van der Waals surface area contributed by atoms with Crippen LogP contribution in [0, 0.1) is 5.92 Å². The van der Waals surface area contributed by atoms with E-state index < -0.39 is 5.97 Å². The lowest BCUT2D eigenvalue weighted by Gasteiger charge is -2.25. The Balaban J connectivity index is 2.02. The van der Waals surface area contributed by atoms with Crippen molar-refractivity contribution >= 4 is 5.97 Å². The molecule has 2 rings (SSSR count). The van der Waals surface area contributed by atoms with Crippen molar-refractivity contribution in [2.24, 2.45) is 5.92 Å². The van der Waals surface area contributed by atoms with E-state index in [4.69, 9.17) is 9.84 Å². The molecule has 2 heterocycles. The van der Waals surface area contributed by atoms with Crippen LogP contribution in [0.15, 0.2) is 0 Å². The molecule has 2 fully saturated rings. The van der Waals surface area contributed by atoms with Gasteiger partial charge in [0.05, 0.1) is 12.2 Å². The summed E-state index contributed by atoms with van der Waals surface area (Å²) in [5.41, 5.74) is 0. The number of hydrogen-bond donors (Lipinski definition) is 2. The number of carboxylic acid groups (broad SMARTS) is 1. The largest absolute Gasteiger partial charge is 0.481 e. The summed E-state index contributed by atoms with van der Waals surface area (Å²) in [5, 5.41) is 12.4. The van der Waals surface area contributed by atoms with E-state index in [0.717, 1.165) is 25.8 Å². The van der Waals surface area contributed by atoms with Gasteiger partial charge in [0.2, 0.25) is 0 Å². The zero-order valence-corrected chi connectivity index (χ0v) is 8.40. The van der Waals surface area contributed by atoms with Crippen LogP contribution in [0.25, 0.3) is 0 Å². The Morgan fingerprint density at radius 2 is 2.21 bits per heavy atom. The minimum absolute atomic E-state index is 0.0335.